The smallest absolute Gasteiger partial charge is 0.416 e. The first-order chi connectivity index (χ1) is 10.3. The Morgan fingerprint density at radius 2 is 1.77 bits per heavy atom. The summed E-state index contributed by atoms with van der Waals surface area (Å²) in [4.78, 5) is 11.6. The second kappa shape index (κ2) is 5.13. The summed E-state index contributed by atoms with van der Waals surface area (Å²) in [5, 5.41) is 5.39. The lowest BCUT2D eigenvalue weighted by molar-refractivity contribution is -0.137. The zero-order valence-electron chi connectivity index (χ0n) is 10.9. The van der Waals surface area contributed by atoms with Crippen molar-refractivity contribution in [1.82, 2.24) is 10.6 Å². The molecule has 1 aromatic carbocycles. The van der Waals surface area contributed by atoms with Crippen LogP contribution in [0.4, 0.5) is 13.2 Å². The molecule has 0 saturated carbocycles. The minimum Gasteiger partial charge on any atom is -0.458 e. The quantitative estimate of drug-likeness (QED) is 0.833. The summed E-state index contributed by atoms with van der Waals surface area (Å²) in [6.45, 7) is 0. The van der Waals surface area contributed by atoms with Crippen molar-refractivity contribution in [2.24, 2.45) is 0 Å². The summed E-state index contributed by atoms with van der Waals surface area (Å²) in [5.41, 5.74) is -0.245. The van der Waals surface area contributed by atoms with E-state index in [1.807, 2.05) is 0 Å². The van der Waals surface area contributed by atoms with E-state index in [-0.39, 0.29) is 11.0 Å². The van der Waals surface area contributed by atoms with Crippen molar-refractivity contribution >= 4 is 23.2 Å². The third-order valence-corrected chi connectivity index (χ3v) is 3.40. The molecule has 1 aliphatic heterocycles. The molecule has 2 N–H and O–H groups in total. The molecule has 3 rings (SSSR count). The normalized spacial score (nSPS) is 18.2. The van der Waals surface area contributed by atoms with Crippen molar-refractivity contribution in [1.29, 1.82) is 0 Å². The number of nitrogens with one attached hydrogen (secondary N) is 2. The van der Waals surface area contributed by atoms with Crippen LogP contribution in [0.3, 0.4) is 0 Å². The van der Waals surface area contributed by atoms with Crippen LogP contribution < -0.4 is 10.6 Å². The summed E-state index contributed by atoms with van der Waals surface area (Å²) < 4.78 is 43.1. The highest BCUT2D eigenvalue weighted by molar-refractivity contribution is 7.80. The minimum absolute atomic E-state index is 0.211. The zero-order chi connectivity index (χ0) is 15.9. The SMILES string of the molecule is O=C1NC(=S)NC1c1ccc(-c2ccc(C(F)(F)F)cc2)o1. The van der Waals surface area contributed by atoms with Crippen molar-refractivity contribution in [3.8, 4) is 11.3 Å². The van der Waals surface area contributed by atoms with Crippen molar-refractivity contribution < 1.29 is 22.4 Å². The van der Waals surface area contributed by atoms with Gasteiger partial charge in [-0.2, -0.15) is 13.2 Å². The number of thiocarbonyl (C=S) groups is 1. The maximum Gasteiger partial charge on any atom is 0.416 e. The highest BCUT2D eigenvalue weighted by Gasteiger charge is 2.32. The van der Waals surface area contributed by atoms with Crippen LogP contribution >= 0.6 is 12.2 Å². The molecule has 2 heterocycles. The second-order valence-electron chi connectivity index (χ2n) is 4.67. The Hall–Kier alpha value is -2.35. The van der Waals surface area contributed by atoms with Gasteiger partial charge in [-0.25, -0.2) is 0 Å². The van der Waals surface area contributed by atoms with Crippen LogP contribution in [-0.4, -0.2) is 11.0 Å². The maximum atomic E-state index is 12.5. The average Bonchev–Trinajstić information content (AvgIpc) is 3.04. The van der Waals surface area contributed by atoms with Crippen LogP contribution in [0.25, 0.3) is 11.3 Å². The third kappa shape index (κ3) is 2.69. The molecule has 0 aliphatic carbocycles. The van der Waals surface area contributed by atoms with E-state index in [9.17, 15) is 18.0 Å². The van der Waals surface area contributed by atoms with Crippen molar-refractivity contribution in [3.05, 3.63) is 47.7 Å². The van der Waals surface area contributed by atoms with Gasteiger partial charge in [0.25, 0.3) is 5.91 Å². The molecule has 0 radical (unpaired) electrons. The Morgan fingerprint density at radius 3 is 2.32 bits per heavy atom. The summed E-state index contributed by atoms with van der Waals surface area (Å²) in [6.07, 6.45) is -4.38. The van der Waals surface area contributed by atoms with Gasteiger partial charge < -0.3 is 15.1 Å². The molecular formula is C14H9F3N2O2S. The zero-order valence-corrected chi connectivity index (χ0v) is 11.7. The van der Waals surface area contributed by atoms with Gasteiger partial charge in [-0.1, -0.05) is 12.1 Å². The van der Waals surface area contributed by atoms with E-state index < -0.39 is 17.8 Å². The van der Waals surface area contributed by atoms with Crippen LogP contribution in [0.1, 0.15) is 17.4 Å². The molecule has 1 saturated heterocycles. The number of benzene rings is 1. The second-order valence-corrected chi connectivity index (χ2v) is 5.08. The van der Waals surface area contributed by atoms with E-state index >= 15 is 0 Å². The van der Waals surface area contributed by atoms with Gasteiger partial charge in [0.05, 0.1) is 5.56 Å². The Labute approximate surface area is 128 Å². The van der Waals surface area contributed by atoms with Gasteiger partial charge in [-0.05, 0) is 36.5 Å². The first-order valence-corrected chi connectivity index (χ1v) is 6.64. The van der Waals surface area contributed by atoms with Crippen molar-refractivity contribution in [3.63, 3.8) is 0 Å². The molecule has 114 valence electrons. The monoisotopic (exact) mass is 326 g/mol. The average molecular weight is 326 g/mol. The molecule has 22 heavy (non-hydrogen) atoms. The molecule has 1 atom stereocenters. The van der Waals surface area contributed by atoms with Crippen LogP contribution in [0.2, 0.25) is 0 Å². The van der Waals surface area contributed by atoms with Gasteiger partial charge in [-0.15, -0.1) is 0 Å². The molecule has 0 bridgehead atoms. The summed E-state index contributed by atoms with van der Waals surface area (Å²) >= 11 is 4.83. The van der Waals surface area contributed by atoms with Gasteiger partial charge in [0.15, 0.2) is 11.2 Å². The van der Waals surface area contributed by atoms with Crippen molar-refractivity contribution in [2.45, 2.75) is 12.2 Å². The fourth-order valence-corrected chi connectivity index (χ4v) is 2.32. The van der Waals surface area contributed by atoms with E-state index in [1.54, 1.807) is 12.1 Å². The van der Waals surface area contributed by atoms with Gasteiger partial charge in [-0.3, -0.25) is 4.79 Å². The summed E-state index contributed by atoms with van der Waals surface area (Å²) in [5.74, 6) is 0.377. The van der Waals surface area contributed by atoms with E-state index in [4.69, 9.17) is 16.6 Å². The molecular weight excluding hydrogens is 317 g/mol. The van der Waals surface area contributed by atoms with E-state index in [0.717, 1.165) is 12.1 Å². The molecule has 2 aromatic rings. The molecule has 1 unspecified atom stereocenters. The fraction of sp³-hybridized carbons (Fsp3) is 0.143. The predicted octanol–water partition coefficient (Wildman–Crippen LogP) is 3.01. The first-order valence-electron chi connectivity index (χ1n) is 6.23. The van der Waals surface area contributed by atoms with E-state index in [0.29, 0.717) is 17.1 Å². The van der Waals surface area contributed by atoms with Crippen LogP contribution in [0.15, 0.2) is 40.8 Å². The van der Waals surface area contributed by atoms with Crippen LogP contribution in [-0.2, 0) is 11.0 Å². The van der Waals surface area contributed by atoms with Gasteiger partial charge in [0, 0.05) is 5.56 Å². The van der Waals surface area contributed by atoms with E-state index in [1.165, 1.54) is 12.1 Å². The minimum atomic E-state index is -4.38. The van der Waals surface area contributed by atoms with E-state index in [2.05, 4.69) is 10.6 Å². The lowest BCUT2D eigenvalue weighted by Crippen LogP contribution is -2.21. The number of hydrogen-bond acceptors (Lipinski definition) is 3. The van der Waals surface area contributed by atoms with Crippen LogP contribution in [0.5, 0.6) is 0 Å². The number of hydrogen-bond donors (Lipinski definition) is 2. The highest BCUT2D eigenvalue weighted by atomic mass is 32.1. The number of carbonyl (C=O) groups is 1. The number of amides is 1. The largest absolute Gasteiger partial charge is 0.458 e. The Kier molecular flexibility index (Phi) is 3.40. The van der Waals surface area contributed by atoms with Gasteiger partial charge in [0.2, 0.25) is 0 Å². The number of furan rings is 1. The Bertz CT molecular complexity index is 737. The molecule has 1 amide bonds. The Balaban J connectivity index is 1.85. The lowest BCUT2D eigenvalue weighted by Gasteiger charge is -2.07. The maximum absolute atomic E-state index is 12.5. The summed E-state index contributed by atoms with van der Waals surface area (Å²) in [7, 11) is 0. The fourth-order valence-electron chi connectivity index (χ4n) is 2.10. The Morgan fingerprint density at radius 1 is 1.09 bits per heavy atom. The number of rotatable bonds is 2. The number of alkyl halides is 3. The van der Waals surface area contributed by atoms with Gasteiger partial charge in [0.1, 0.15) is 11.5 Å². The highest BCUT2D eigenvalue weighted by Crippen LogP contribution is 2.32. The molecule has 4 nitrogen and oxygen atoms in total. The van der Waals surface area contributed by atoms with Gasteiger partial charge >= 0.3 is 6.18 Å². The van der Waals surface area contributed by atoms with Crippen molar-refractivity contribution in [2.75, 3.05) is 0 Å². The third-order valence-electron chi connectivity index (χ3n) is 3.18. The molecule has 0 spiro atoms. The lowest BCUT2D eigenvalue weighted by atomic mass is 10.1. The topological polar surface area (TPSA) is 54.3 Å². The molecule has 1 aromatic heterocycles. The summed E-state index contributed by atoms with van der Waals surface area (Å²) in [6, 6.07) is 7.04. The van der Waals surface area contributed by atoms with Crippen LogP contribution in [0, 0.1) is 0 Å². The molecule has 8 heteroatoms. The molecule has 1 aliphatic rings. The molecule has 1 fully saturated rings. The predicted molar refractivity (Wildman–Crippen MR) is 75.8 cm³/mol. The number of halogens is 3. The standard InChI is InChI=1S/C14H9F3N2O2S/c15-14(16,17)8-3-1-7(2-4-8)9-5-6-10(21-9)11-12(20)19-13(22)18-11/h1-6,11H,(H2,18,19,20,22). The number of carbonyl (C=O) groups excluding carboxylic acids is 1. The first kappa shape index (κ1) is 14.6.